The van der Waals surface area contributed by atoms with Crippen LogP contribution in [0, 0.1) is 0 Å². The molecule has 0 spiro atoms. The first-order valence-electron chi connectivity index (χ1n) is 6.13. The molecule has 0 radical (unpaired) electrons. The quantitative estimate of drug-likeness (QED) is 0.782. The van der Waals surface area contributed by atoms with E-state index in [0.29, 0.717) is 17.4 Å². The van der Waals surface area contributed by atoms with Crippen LogP contribution in [0.1, 0.15) is 15.4 Å². The molecule has 6 heteroatoms. The van der Waals surface area contributed by atoms with Gasteiger partial charge in [0.1, 0.15) is 17.4 Å². The second kappa shape index (κ2) is 5.71. The third-order valence-corrected chi connectivity index (χ3v) is 4.10. The molecule has 4 nitrogen and oxygen atoms in total. The molecule has 3 rings (SSSR count). The molecular formula is C15H10ClNO3S. The summed E-state index contributed by atoms with van der Waals surface area (Å²) in [7, 11) is 0. The van der Waals surface area contributed by atoms with Gasteiger partial charge in [0, 0.05) is 5.02 Å². The molecule has 0 atom stereocenters. The number of ether oxygens (including phenoxy) is 1. The van der Waals surface area contributed by atoms with E-state index in [9.17, 15) is 4.79 Å². The van der Waals surface area contributed by atoms with Crippen molar-refractivity contribution in [2.24, 2.45) is 0 Å². The van der Waals surface area contributed by atoms with Crippen molar-refractivity contribution in [3.8, 4) is 5.75 Å². The standard InChI is InChI=1S/C15H10ClNO3S/c16-10-2-4-11(5-3-10)20-8-14-17-12-6-1-9(15(18)19)7-13(12)21-14/h1-7H,8H2,(H,18,19). The SMILES string of the molecule is O=C(O)c1ccc2nc(COc3ccc(Cl)cc3)sc2c1. The number of hydrogen-bond acceptors (Lipinski definition) is 4. The van der Waals surface area contributed by atoms with Crippen molar-refractivity contribution in [1.82, 2.24) is 4.98 Å². The van der Waals surface area contributed by atoms with E-state index in [2.05, 4.69) is 4.98 Å². The Kier molecular flexibility index (Phi) is 3.77. The maximum Gasteiger partial charge on any atom is 0.335 e. The van der Waals surface area contributed by atoms with Gasteiger partial charge in [-0.15, -0.1) is 11.3 Å². The zero-order valence-corrected chi connectivity index (χ0v) is 12.3. The van der Waals surface area contributed by atoms with Crippen LogP contribution in [0.3, 0.4) is 0 Å². The molecule has 0 bridgehead atoms. The Hall–Kier alpha value is -2.11. The monoisotopic (exact) mass is 319 g/mol. The lowest BCUT2D eigenvalue weighted by atomic mass is 10.2. The summed E-state index contributed by atoms with van der Waals surface area (Å²) in [5, 5.41) is 10.4. The number of benzene rings is 2. The Bertz CT molecular complexity index is 798. The third-order valence-electron chi connectivity index (χ3n) is 2.86. The van der Waals surface area contributed by atoms with Crippen LogP contribution in [0.4, 0.5) is 0 Å². The van der Waals surface area contributed by atoms with Crippen LogP contribution in [0.25, 0.3) is 10.2 Å². The first kappa shape index (κ1) is 13.9. The molecule has 21 heavy (non-hydrogen) atoms. The van der Waals surface area contributed by atoms with Crippen molar-refractivity contribution in [2.75, 3.05) is 0 Å². The van der Waals surface area contributed by atoms with Gasteiger partial charge < -0.3 is 9.84 Å². The molecule has 0 amide bonds. The Labute approximate surface area is 129 Å². The summed E-state index contributed by atoms with van der Waals surface area (Å²) in [6.45, 7) is 0.337. The highest BCUT2D eigenvalue weighted by atomic mass is 35.5. The zero-order valence-electron chi connectivity index (χ0n) is 10.7. The van der Waals surface area contributed by atoms with E-state index in [4.69, 9.17) is 21.4 Å². The van der Waals surface area contributed by atoms with Crippen LogP contribution in [-0.4, -0.2) is 16.1 Å². The van der Waals surface area contributed by atoms with Crippen LogP contribution >= 0.6 is 22.9 Å². The first-order chi connectivity index (χ1) is 10.1. The van der Waals surface area contributed by atoms with E-state index >= 15 is 0 Å². The van der Waals surface area contributed by atoms with Crippen LogP contribution in [-0.2, 0) is 6.61 Å². The van der Waals surface area contributed by atoms with Crippen LogP contribution < -0.4 is 4.74 Å². The zero-order chi connectivity index (χ0) is 14.8. The average Bonchev–Trinajstić information content (AvgIpc) is 2.88. The number of carboxylic acids is 1. The van der Waals surface area contributed by atoms with Crippen molar-refractivity contribution in [3.05, 3.63) is 58.1 Å². The lowest BCUT2D eigenvalue weighted by molar-refractivity contribution is 0.0697. The van der Waals surface area contributed by atoms with E-state index < -0.39 is 5.97 Å². The molecule has 0 aliphatic heterocycles. The fourth-order valence-electron chi connectivity index (χ4n) is 1.84. The molecule has 0 fully saturated rings. The lowest BCUT2D eigenvalue weighted by Crippen LogP contribution is -1.94. The smallest absolute Gasteiger partial charge is 0.335 e. The fraction of sp³-hybridized carbons (Fsp3) is 0.0667. The van der Waals surface area contributed by atoms with Crippen molar-refractivity contribution >= 4 is 39.1 Å². The van der Waals surface area contributed by atoms with Gasteiger partial charge in [-0.25, -0.2) is 9.78 Å². The molecule has 2 aromatic carbocycles. The van der Waals surface area contributed by atoms with Gasteiger partial charge in [0.15, 0.2) is 0 Å². The number of hydrogen-bond donors (Lipinski definition) is 1. The minimum absolute atomic E-state index is 0.260. The summed E-state index contributed by atoms with van der Waals surface area (Å²) in [4.78, 5) is 15.4. The highest BCUT2D eigenvalue weighted by Crippen LogP contribution is 2.25. The Morgan fingerprint density at radius 3 is 2.71 bits per heavy atom. The number of aromatic carboxylic acids is 1. The molecule has 0 saturated carbocycles. The van der Waals surface area contributed by atoms with Gasteiger partial charge in [-0.05, 0) is 42.5 Å². The molecule has 0 aliphatic carbocycles. The average molecular weight is 320 g/mol. The Balaban J connectivity index is 1.78. The maximum atomic E-state index is 10.9. The predicted molar refractivity (Wildman–Crippen MR) is 82.4 cm³/mol. The predicted octanol–water partition coefficient (Wildman–Crippen LogP) is 4.23. The molecule has 0 aliphatic rings. The molecule has 106 valence electrons. The first-order valence-corrected chi connectivity index (χ1v) is 7.32. The van der Waals surface area contributed by atoms with E-state index in [-0.39, 0.29) is 5.56 Å². The van der Waals surface area contributed by atoms with Gasteiger partial charge in [0.2, 0.25) is 0 Å². The summed E-state index contributed by atoms with van der Waals surface area (Å²) < 4.78 is 6.46. The van der Waals surface area contributed by atoms with Gasteiger partial charge in [0.25, 0.3) is 0 Å². The summed E-state index contributed by atoms with van der Waals surface area (Å²) >= 11 is 7.23. The van der Waals surface area contributed by atoms with Crippen molar-refractivity contribution in [2.45, 2.75) is 6.61 Å². The van der Waals surface area contributed by atoms with E-state index in [0.717, 1.165) is 15.2 Å². The number of aromatic nitrogens is 1. The van der Waals surface area contributed by atoms with Gasteiger partial charge >= 0.3 is 5.97 Å². The topological polar surface area (TPSA) is 59.4 Å². The van der Waals surface area contributed by atoms with E-state index in [1.165, 1.54) is 11.3 Å². The summed E-state index contributed by atoms with van der Waals surface area (Å²) in [5.74, 6) is -0.228. The minimum atomic E-state index is -0.940. The molecule has 1 aromatic heterocycles. The van der Waals surface area contributed by atoms with Gasteiger partial charge in [-0.1, -0.05) is 11.6 Å². The second-order valence-corrected chi connectivity index (χ2v) is 5.89. The van der Waals surface area contributed by atoms with Crippen LogP contribution in [0.2, 0.25) is 5.02 Å². The summed E-state index contributed by atoms with van der Waals surface area (Å²) in [6, 6.07) is 12.0. The minimum Gasteiger partial charge on any atom is -0.486 e. The molecule has 3 aromatic rings. The normalized spacial score (nSPS) is 10.7. The molecule has 1 N–H and O–H groups in total. The number of rotatable bonds is 4. The number of nitrogens with zero attached hydrogens (tertiary/aromatic N) is 1. The van der Waals surface area contributed by atoms with Crippen LogP contribution in [0.5, 0.6) is 5.75 Å². The number of halogens is 1. The Morgan fingerprint density at radius 1 is 1.24 bits per heavy atom. The lowest BCUT2D eigenvalue weighted by Gasteiger charge is -2.03. The van der Waals surface area contributed by atoms with Gasteiger partial charge in [-0.3, -0.25) is 0 Å². The second-order valence-electron chi connectivity index (χ2n) is 4.34. The van der Waals surface area contributed by atoms with Crippen molar-refractivity contribution < 1.29 is 14.6 Å². The largest absolute Gasteiger partial charge is 0.486 e. The van der Waals surface area contributed by atoms with Crippen molar-refractivity contribution in [1.29, 1.82) is 0 Å². The number of fused-ring (bicyclic) bond motifs is 1. The summed E-state index contributed by atoms with van der Waals surface area (Å²) in [6.07, 6.45) is 0. The number of carbonyl (C=O) groups is 1. The Morgan fingerprint density at radius 2 is 2.00 bits per heavy atom. The third kappa shape index (κ3) is 3.15. The van der Waals surface area contributed by atoms with E-state index in [1.807, 2.05) is 0 Å². The van der Waals surface area contributed by atoms with Gasteiger partial charge in [0.05, 0.1) is 15.8 Å². The highest BCUT2D eigenvalue weighted by molar-refractivity contribution is 7.18. The molecule has 1 heterocycles. The van der Waals surface area contributed by atoms with Gasteiger partial charge in [-0.2, -0.15) is 0 Å². The van der Waals surface area contributed by atoms with Crippen LogP contribution in [0.15, 0.2) is 42.5 Å². The molecular weight excluding hydrogens is 310 g/mol. The maximum absolute atomic E-state index is 10.9. The molecule has 0 saturated heterocycles. The van der Waals surface area contributed by atoms with E-state index in [1.54, 1.807) is 42.5 Å². The fourth-order valence-corrected chi connectivity index (χ4v) is 2.89. The number of carboxylic acid groups (broad SMARTS) is 1. The van der Waals surface area contributed by atoms with Crippen molar-refractivity contribution in [3.63, 3.8) is 0 Å². The molecule has 0 unspecified atom stereocenters. The highest BCUT2D eigenvalue weighted by Gasteiger charge is 2.08. The number of thiazole rings is 1. The summed E-state index contributed by atoms with van der Waals surface area (Å²) in [5.41, 5.74) is 1.04.